The van der Waals surface area contributed by atoms with Crippen molar-refractivity contribution in [2.75, 3.05) is 11.1 Å². The van der Waals surface area contributed by atoms with Gasteiger partial charge in [0, 0.05) is 5.56 Å². The standard InChI is InChI=1S/C21H18N4O2/c22-15-10-4-5-11-16(15)25-21(27,14-8-2-1-3-9-14)19-20(26)24-18-13-7-6-12-17(18)23-19/h1-13,25,27H,22H2,(H,24,26). The third-order valence-corrected chi connectivity index (χ3v) is 4.41. The van der Waals surface area contributed by atoms with Crippen molar-refractivity contribution in [3.05, 3.63) is 100 Å². The topological polar surface area (TPSA) is 104 Å². The van der Waals surface area contributed by atoms with Gasteiger partial charge in [0.1, 0.15) is 0 Å². The second kappa shape index (κ2) is 6.59. The van der Waals surface area contributed by atoms with E-state index in [0.717, 1.165) is 0 Å². The van der Waals surface area contributed by atoms with E-state index in [4.69, 9.17) is 5.73 Å². The predicted molar refractivity (Wildman–Crippen MR) is 106 cm³/mol. The summed E-state index contributed by atoms with van der Waals surface area (Å²) in [5.74, 6) is 0. The Balaban J connectivity index is 1.95. The summed E-state index contributed by atoms with van der Waals surface area (Å²) in [7, 11) is 0. The molecule has 1 atom stereocenters. The molecule has 1 unspecified atom stereocenters. The van der Waals surface area contributed by atoms with Crippen LogP contribution in [-0.4, -0.2) is 15.1 Å². The van der Waals surface area contributed by atoms with Crippen molar-refractivity contribution < 1.29 is 5.11 Å². The molecule has 27 heavy (non-hydrogen) atoms. The van der Waals surface area contributed by atoms with Crippen LogP contribution >= 0.6 is 0 Å². The Morgan fingerprint density at radius 2 is 1.59 bits per heavy atom. The zero-order valence-corrected chi connectivity index (χ0v) is 14.4. The molecule has 0 amide bonds. The maximum atomic E-state index is 12.8. The minimum absolute atomic E-state index is 0.0596. The van der Waals surface area contributed by atoms with E-state index < -0.39 is 11.3 Å². The Morgan fingerprint density at radius 3 is 2.37 bits per heavy atom. The number of benzene rings is 3. The fourth-order valence-electron chi connectivity index (χ4n) is 3.03. The lowest BCUT2D eigenvalue weighted by Crippen LogP contribution is -2.42. The van der Waals surface area contributed by atoms with Crippen LogP contribution in [0, 0.1) is 0 Å². The summed E-state index contributed by atoms with van der Waals surface area (Å²) in [6.45, 7) is 0. The van der Waals surface area contributed by atoms with E-state index in [2.05, 4.69) is 15.3 Å². The van der Waals surface area contributed by atoms with Gasteiger partial charge in [-0.3, -0.25) is 4.79 Å². The van der Waals surface area contributed by atoms with Crippen LogP contribution in [0.2, 0.25) is 0 Å². The van der Waals surface area contributed by atoms with Gasteiger partial charge in [0.25, 0.3) is 5.56 Å². The van der Waals surface area contributed by atoms with Gasteiger partial charge in [-0.2, -0.15) is 0 Å². The Bertz CT molecular complexity index is 1160. The molecule has 0 saturated heterocycles. The van der Waals surface area contributed by atoms with Crippen LogP contribution in [0.1, 0.15) is 11.3 Å². The van der Waals surface area contributed by atoms with Crippen molar-refractivity contribution in [3.63, 3.8) is 0 Å². The molecular weight excluding hydrogens is 340 g/mol. The summed E-state index contributed by atoms with van der Waals surface area (Å²) in [6.07, 6.45) is 0. The minimum Gasteiger partial charge on any atom is -0.397 e. The van der Waals surface area contributed by atoms with Gasteiger partial charge in [0.05, 0.1) is 22.4 Å². The van der Waals surface area contributed by atoms with Gasteiger partial charge >= 0.3 is 0 Å². The molecule has 0 bridgehead atoms. The molecule has 1 aromatic heterocycles. The number of hydrogen-bond acceptors (Lipinski definition) is 5. The molecule has 0 spiro atoms. The van der Waals surface area contributed by atoms with Crippen LogP contribution in [0.15, 0.2) is 83.7 Å². The summed E-state index contributed by atoms with van der Waals surface area (Å²) in [5, 5.41) is 14.6. The third kappa shape index (κ3) is 3.02. The molecule has 6 nitrogen and oxygen atoms in total. The van der Waals surface area contributed by atoms with E-state index in [-0.39, 0.29) is 5.69 Å². The van der Waals surface area contributed by atoms with E-state index in [0.29, 0.717) is 28.0 Å². The molecule has 5 N–H and O–H groups in total. The van der Waals surface area contributed by atoms with Crippen molar-refractivity contribution >= 4 is 22.4 Å². The second-order valence-corrected chi connectivity index (χ2v) is 6.22. The largest absolute Gasteiger partial charge is 0.397 e. The molecule has 4 aromatic rings. The molecule has 0 aliphatic rings. The number of aromatic amines is 1. The van der Waals surface area contributed by atoms with Crippen molar-refractivity contribution in [1.82, 2.24) is 9.97 Å². The number of H-pyrrole nitrogens is 1. The summed E-state index contributed by atoms with van der Waals surface area (Å²) < 4.78 is 0. The van der Waals surface area contributed by atoms with Gasteiger partial charge in [-0.25, -0.2) is 4.98 Å². The van der Waals surface area contributed by atoms with Gasteiger partial charge in [0.2, 0.25) is 5.72 Å². The third-order valence-electron chi connectivity index (χ3n) is 4.41. The van der Waals surface area contributed by atoms with Crippen LogP contribution in [0.3, 0.4) is 0 Å². The monoisotopic (exact) mass is 358 g/mol. The summed E-state index contributed by atoms with van der Waals surface area (Å²) >= 11 is 0. The highest BCUT2D eigenvalue weighted by molar-refractivity contribution is 5.74. The maximum absolute atomic E-state index is 12.8. The van der Waals surface area contributed by atoms with Crippen molar-refractivity contribution in [3.8, 4) is 0 Å². The number of aromatic nitrogens is 2. The molecule has 1 heterocycles. The molecule has 134 valence electrons. The van der Waals surface area contributed by atoms with Gasteiger partial charge in [-0.05, 0) is 24.3 Å². The van der Waals surface area contributed by atoms with Gasteiger partial charge in [-0.1, -0.05) is 54.6 Å². The molecule has 0 aliphatic carbocycles. The number of fused-ring (bicyclic) bond motifs is 1. The molecule has 6 heteroatoms. The first-order valence-electron chi connectivity index (χ1n) is 8.48. The second-order valence-electron chi connectivity index (χ2n) is 6.22. The zero-order valence-electron chi connectivity index (χ0n) is 14.4. The van der Waals surface area contributed by atoms with E-state index in [1.165, 1.54) is 0 Å². The average molecular weight is 358 g/mol. The maximum Gasteiger partial charge on any atom is 0.275 e. The first-order chi connectivity index (χ1) is 13.1. The number of para-hydroxylation sites is 4. The van der Waals surface area contributed by atoms with Gasteiger partial charge in [0.15, 0.2) is 5.69 Å². The smallest absolute Gasteiger partial charge is 0.275 e. The number of nitrogens with zero attached hydrogens (tertiary/aromatic N) is 1. The highest BCUT2D eigenvalue weighted by atomic mass is 16.3. The molecule has 0 saturated carbocycles. The number of nitrogens with two attached hydrogens (primary N) is 1. The first kappa shape index (κ1) is 16.8. The lowest BCUT2D eigenvalue weighted by molar-refractivity contribution is 0.106. The average Bonchev–Trinajstić information content (AvgIpc) is 2.70. The zero-order chi connectivity index (χ0) is 18.9. The number of hydrogen-bond donors (Lipinski definition) is 4. The van der Waals surface area contributed by atoms with E-state index >= 15 is 0 Å². The Hall–Kier alpha value is -3.64. The molecule has 0 radical (unpaired) electrons. The number of aliphatic hydroxyl groups is 1. The van der Waals surface area contributed by atoms with Crippen LogP contribution < -0.4 is 16.6 Å². The fourth-order valence-corrected chi connectivity index (χ4v) is 3.03. The summed E-state index contributed by atoms with van der Waals surface area (Å²) in [4.78, 5) is 20.0. The van der Waals surface area contributed by atoms with Gasteiger partial charge < -0.3 is 21.1 Å². The Labute approximate surface area is 155 Å². The SMILES string of the molecule is Nc1ccccc1NC(O)(c1ccccc1)c1nc2ccccc2[nH]c1=O. The van der Waals surface area contributed by atoms with Crippen molar-refractivity contribution in [2.45, 2.75) is 5.72 Å². The number of anilines is 2. The van der Waals surface area contributed by atoms with Crippen LogP contribution in [0.5, 0.6) is 0 Å². The fraction of sp³-hybridized carbons (Fsp3) is 0.0476. The highest BCUT2D eigenvalue weighted by Gasteiger charge is 2.36. The summed E-state index contributed by atoms with van der Waals surface area (Å²) in [6, 6.07) is 23.1. The number of nitrogen functional groups attached to an aromatic ring is 1. The number of nitrogens with one attached hydrogen (secondary N) is 2. The van der Waals surface area contributed by atoms with Gasteiger partial charge in [-0.15, -0.1) is 0 Å². The summed E-state index contributed by atoms with van der Waals surface area (Å²) in [5.41, 5.74) is 6.21. The van der Waals surface area contributed by atoms with Crippen molar-refractivity contribution in [2.24, 2.45) is 0 Å². The first-order valence-corrected chi connectivity index (χ1v) is 8.48. The molecule has 0 fully saturated rings. The molecular formula is C21H18N4O2. The Kier molecular flexibility index (Phi) is 4.10. The lowest BCUT2D eigenvalue weighted by Gasteiger charge is -2.30. The Morgan fingerprint density at radius 1 is 0.926 bits per heavy atom. The van der Waals surface area contributed by atoms with E-state index in [9.17, 15) is 9.90 Å². The lowest BCUT2D eigenvalue weighted by atomic mass is 9.98. The van der Waals surface area contributed by atoms with Crippen LogP contribution in [0.4, 0.5) is 11.4 Å². The molecule has 0 aliphatic heterocycles. The van der Waals surface area contributed by atoms with Crippen LogP contribution in [-0.2, 0) is 5.72 Å². The minimum atomic E-state index is -1.87. The highest BCUT2D eigenvalue weighted by Crippen LogP contribution is 2.31. The molecule has 3 aromatic carbocycles. The van der Waals surface area contributed by atoms with Crippen LogP contribution in [0.25, 0.3) is 11.0 Å². The quantitative estimate of drug-likeness (QED) is 0.332. The van der Waals surface area contributed by atoms with E-state index in [1.54, 1.807) is 60.7 Å². The van der Waals surface area contributed by atoms with E-state index in [1.807, 2.05) is 18.2 Å². The predicted octanol–water partition coefficient (Wildman–Crippen LogP) is 2.81. The van der Waals surface area contributed by atoms with Crippen molar-refractivity contribution in [1.29, 1.82) is 0 Å². The molecule has 4 rings (SSSR count). The normalized spacial score (nSPS) is 13.2. The number of rotatable bonds is 4.